The summed E-state index contributed by atoms with van der Waals surface area (Å²) in [5.41, 5.74) is 7.95. The van der Waals surface area contributed by atoms with E-state index in [9.17, 15) is 0 Å². The van der Waals surface area contributed by atoms with Gasteiger partial charge in [0.15, 0.2) is 0 Å². The van der Waals surface area contributed by atoms with Gasteiger partial charge in [-0.2, -0.15) is 14.6 Å². The maximum absolute atomic E-state index is 6.12. The zero-order chi connectivity index (χ0) is 19.1. The normalized spacial score (nSPS) is 15.5. The summed E-state index contributed by atoms with van der Waals surface area (Å²) in [6.45, 7) is 6.27. The predicted octanol–water partition coefficient (Wildman–Crippen LogP) is 1.28. The quantitative estimate of drug-likeness (QED) is 0.571. The molecule has 3 aromatic heterocycles. The van der Waals surface area contributed by atoms with Crippen LogP contribution in [0, 0.1) is 6.92 Å². The monoisotopic (exact) mass is 375 g/mol. The van der Waals surface area contributed by atoms with Crippen molar-refractivity contribution in [3.63, 3.8) is 0 Å². The van der Waals surface area contributed by atoms with Gasteiger partial charge in [-0.3, -0.25) is 4.90 Å². The topological polar surface area (TPSA) is 101 Å². The second-order valence-electron chi connectivity index (χ2n) is 7.03. The van der Waals surface area contributed by atoms with Crippen molar-refractivity contribution in [2.75, 3.05) is 36.8 Å². The van der Waals surface area contributed by atoms with E-state index in [1.54, 1.807) is 10.8 Å². The van der Waals surface area contributed by atoms with Gasteiger partial charge in [-0.25, -0.2) is 15.0 Å². The van der Waals surface area contributed by atoms with Crippen LogP contribution in [0.1, 0.15) is 11.5 Å². The lowest BCUT2D eigenvalue weighted by Crippen LogP contribution is -2.46. The fourth-order valence-electron chi connectivity index (χ4n) is 3.69. The van der Waals surface area contributed by atoms with Gasteiger partial charge in [0.25, 0.3) is 5.78 Å². The van der Waals surface area contributed by atoms with E-state index in [0.717, 1.165) is 54.4 Å². The first kappa shape index (κ1) is 16.8. The third-order valence-corrected chi connectivity index (χ3v) is 5.10. The van der Waals surface area contributed by atoms with Crippen molar-refractivity contribution in [3.05, 3.63) is 48.2 Å². The number of benzene rings is 1. The molecule has 0 bridgehead atoms. The predicted molar refractivity (Wildman–Crippen MR) is 107 cm³/mol. The van der Waals surface area contributed by atoms with Gasteiger partial charge in [0.05, 0.1) is 12.1 Å². The van der Waals surface area contributed by atoms with Crippen LogP contribution in [0.15, 0.2) is 36.7 Å². The molecular weight excluding hydrogens is 354 g/mol. The van der Waals surface area contributed by atoms with Crippen molar-refractivity contribution in [3.8, 4) is 0 Å². The molecule has 2 N–H and O–H groups in total. The number of nitrogens with zero attached hydrogens (tertiary/aromatic N) is 8. The molecule has 0 atom stereocenters. The summed E-state index contributed by atoms with van der Waals surface area (Å²) >= 11 is 0. The number of rotatable bonds is 3. The Labute approximate surface area is 161 Å². The SMILES string of the molecule is Cc1cc(N2CCN(Cc3nc(N)c4ccccc4n3)CC2)n2ncnc2n1. The van der Waals surface area contributed by atoms with Crippen LogP contribution in [0.3, 0.4) is 0 Å². The molecule has 0 aliphatic carbocycles. The van der Waals surface area contributed by atoms with Crippen molar-refractivity contribution in [1.82, 2.24) is 34.4 Å². The van der Waals surface area contributed by atoms with Crippen LogP contribution in [0.2, 0.25) is 0 Å². The van der Waals surface area contributed by atoms with Crippen molar-refractivity contribution in [2.24, 2.45) is 0 Å². The lowest BCUT2D eigenvalue weighted by Gasteiger charge is -2.35. The molecule has 4 heterocycles. The maximum Gasteiger partial charge on any atom is 0.254 e. The third kappa shape index (κ3) is 2.99. The van der Waals surface area contributed by atoms with E-state index < -0.39 is 0 Å². The fourth-order valence-corrected chi connectivity index (χ4v) is 3.69. The molecule has 1 aliphatic heterocycles. The van der Waals surface area contributed by atoms with Crippen molar-refractivity contribution in [2.45, 2.75) is 13.5 Å². The van der Waals surface area contributed by atoms with Gasteiger partial charge >= 0.3 is 0 Å². The summed E-state index contributed by atoms with van der Waals surface area (Å²) < 4.78 is 1.80. The van der Waals surface area contributed by atoms with E-state index in [-0.39, 0.29) is 0 Å². The highest BCUT2D eigenvalue weighted by Crippen LogP contribution is 2.20. The fraction of sp³-hybridized carbons (Fsp3) is 0.316. The third-order valence-electron chi connectivity index (χ3n) is 5.10. The van der Waals surface area contributed by atoms with Gasteiger partial charge in [0.2, 0.25) is 0 Å². The molecule has 28 heavy (non-hydrogen) atoms. The summed E-state index contributed by atoms with van der Waals surface area (Å²) in [4.78, 5) is 22.5. The largest absolute Gasteiger partial charge is 0.383 e. The van der Waals surface area contributed by atoms with Crippen molar-refractivity contribution < 1.29 is 0 Å². The number of piperazine rings is 1. The number of fused-ring (bicyclic) bond motifs is 2. The Morgan fingerprint density at radius 1 is 1.04 bits per heavy atom. The summed E-state index contributed by atoms with van der Waals surface area (Å²) in [5.74, 6) is 2.98. The number of aromatic nitrogens is 6. The number of nitrogen functional groups attached to an aromatic ring is 1. The van der Waals surface area contributed by atoms with Crippen LogP contribution in [0.5, 0.6) is 0 Å². The molecule has 1 fully saturated rings. The summed E-state index contributed by atoms with van der Waals surface area (Å²) in [6, 6.07) is 9.91. The zero-order valence-corrected chi connectivity index (χ0v) is 15.7. The van der Waals surface area contributed by atoms with Gasteiger partial charge in [-0.05, 0) is 19.1 Å². The second-order valence-corrected chi connectivity index (χ2v) is 7.03. The molecule has 0 saturated carbocycles. The van der Waals surface area contributed by atoms with E-state index in [4.69, 9.17) is 5.73 Å². The standard InChI is InChI=1S/C19H21N9/c1-13-10-17(28-19(23-13)21-12-22-28)27-8-6-26(7-9-27)11-16-24-15-5-3-2-4-14(15)18(20)25-16/h2-5,10,12H,6-9,11H2,1H3,(H2,20,24,25). The van der Waals surface area contributed by atoms with Crippen molar-refractivity contribution in [1.29, 1.82) is 0 Å². The molecule has 0 radical (unpaired) electrons. The molecule has 1 saturated heterocycles. The summed E-state index contributed by atoms with van der Waals surface area (Å²) in [5, 5.41) is 5.22. The van der Waals surface area contributed by atoms with Gasteiger partial charge in [0, 0.05) is 43.3 Å². The van der Waals surface area contributed by atoms with Crippen LogP contribution in [0.4, 0.5) is 11.6 Å². The molecule has 5 rings (SSSR count). The minimum atomic E-state index is 0.542. The lowest BCUT2D eigenvalue weighted by atomic mass is 10.2. The van der Waals surface area contributed by atoms with E-state index in [2.05, 4.69) is 40.9 Å². The average molecular weight is 375 g/mol. The smallest absolute Gasteiger partial charge is 0.254 e. The van der Waals surface area contributed by atoms with Crippen molar-refractivity contribution >= 4 is 28.3 Å². The van der Waals surface area contributed by atoms with Crippen LogP contribution in [-0.2, 0) is 6.54 Å². The van der Waals surface area contributed by atoms with Crippen LogP contribution in [0.25, 0.3) is 16.7 Å². The first-order valence-corrected chi connectivity index (χ1v) is 9.33. The summed E-state index contributed by atoms with van der Waals surface area (Å²) in [7, 11) is 0. The van der Waals surface area contributed by atoms with Crippen LogP contribution in [-0.4, -0.2) is 60.6 Å². The molecule has 4 aromatic rings. The van der Waals surface area contributed by atoms with E-state index in [1.165, 1.54) is 0 Å². The highest BCUT2D eigenvalue weighted by molar-refractivity contribution is 5.87. The number of nitrogens with two attached hydrogens (primary N) is 1. The highest BCUT2D eigenvalue weighted by Gasteiger charge is 2.21. The Hall–Kier alpha value is -3.33. The maximum atomic E-state index is 6.12. The molecule has 9 heteroatoms. The van der Waals surface area contributed by atoms with Crippen LogP contribution >= 0.6 is 0 Å². The minimum absolute atomic E-state index is 0.542. The first-order chi connectivity index (χ1) is 13.7. The summed E-state index contributed by atoms with van der Waals surface area (Å²) in [6.07, 6.45) is 1.54. The lowest BCUT2D eigenvalue weighted by molar-refractivity contribution is 0.243. The number of anilines is 2. The average Bonchev–Trinajstić information content (AvgIpc) is 3.16. The number of aryl methyl sites for hydroxylation is 1. The Balaban J connectivity index is 1.32. The number of hydrogen-bond acceptors (Lipinski definition) is 8. The van der Waals surface area contributed by atoms with E-state index in [0.29, 0.717) is 18.1 Å². The second kappa shape index (κ2) is 6.68. The molecule has 0 unspecified atom stereocenters. The van der Waals surface area contributed by atoms with Gasteiger partial charge in [0.1, 0.15) is 23.8 Å². The zero-order valence-electron chi connectivity index (χ0n) is 15.7. The molecular formula is C19H21N9. The highest BCUT2D eigenvalue weighted by atomic mass is 15.4. The Morgan fingerprint density at radius 3 is 2.71 bits per heavy atom. The van der Waals surface area contributed by atoms with Gasteiger partial charge < -0.3 is 10.6 Å². The minimum Gasteiger partial charge on any atom is -0.383 e. The molecule has 142 valence electrons. The molecule has 1 aliphatic rings. The Morgan fingerprint density at radius 2 is 1.86 bits per heavy atom. The van der Waals surface area contributed by atoms with Gasteiger partial charge in [-0.1, -0.05) is 12.1 Å². The van der Waals surface area contributed by atoms with E-state index >= 15 is 0 Å². The van der Waals surface area contributed by atoms with E-state index in [1.807, 2.05) is 31.2 Å². The molecule has 1 aromatic carbocycles. The molecule has 0 amide bonds. The number of para-hydroxylation sites is 1. The van der Waals surface area contributed by atoms with Gasteiger partial charge in [-0.15, -0.1) is 0 Å². The number of hydrogen-bond donors (Lipinski definition) is 1. The molecule has 9 nitrogen and oxygen atoms in total. The Bertz CT molecular complexity index is 1140. The Kier molecular flexibility index (Phi) is 4.01. The molecule has 0 spiro atoms. The first-order valence-electron chi connectivity index (χ1n) is 9.33. The van der Waals surface area contributed by atoms with Crippen LogP contribution < -0.4 is 10.6 Å².